The summed E-state index contributed by atoms with van der Waals surface area (Å²) in [6, 6.07) is 0. The van der Waals surface area contributed by atoms with Crippen LogP contribution in [0, 0.1) is 5.92 Å². The number of carbonyl (C=O) groups is 2. The Balaban J connectivity index is 2.15. The zero-order valence-corrected chi connectivity index (χ0v) is 9.65. The van der Waals surface area contributed by atoms with Gasteiger partial charge in [-0.15, -0.1) is 0 Å². The van der Waals surface area contributed by atoms with Gasteiger partial charge in [-0.3, -0.25) is 9.59 Å². The highest BCUT2D eigenvalue weighted by atomic mass is 16.5. The highest BCUT2D eigenvalue weighted by Gasteiger charge is 2.22. The normalized spacial score (nSPS) is 14.8. The standard InChI is InChI=1S/C11H19NO4/c1-2-12(6-5-11(14)15)10(13)8-16-7-9-3-4-9/h9H,2-8H2,1H3,(H,14,15). The second-order valence-corrected chi connectivity index (χ2v) is 4.08. The molecule has 0 atom stereocenters. The van der Waals surface area contributed by atoms with Crippen molar-refractivity contribution < 1.29 is 19.4 Å². The molecule has 0 bridgehead atoms. The lowest BCUT2D eigenvalue weighted by Gasteiger charge is -2.19. The summed E-state index contributed by atoms with van der Waals surface area (Å²) in [6.07, 6.45) is 2.39. The minimum atomic E-state index is -0.884. The smallest absolute Gasteiger partial charge is 0.305 e. The fraction of sp³-hybridized carbons (Fsp3) is 0.818. The van der Waals surface area contributed by atoms with Gasteiger partial charge in [0.1, 0.15) is 6.61 Å². The van der Waals surface area contributed by atoms with Gasteiger partial charge in [0.15, 0.2) is 0 Å². The van der Waals surface area contributed by atoms with Gasteiger partial charge in [0.05, 0.1) is 13.0 Å². The molecule has 0 aliphatic heterocycles. The Hall–Kier alpha value is -1.10. The molecule has 92 valence electrons. The van der Waals surface area contributed by atoms with E-state index in [9.17, 15) is 9.59 Å². The number of ether oxygens (including phenoxy) is 1. The Labute approximate surface area is 95.4 Å². The number of carbonyl (C=O) groups excluding carboxylic acids is 1. The van der Waals surface area contributed by atoms with Crippen LogP contribution in [0.25, 0.3) is 0 Å². The van der Waals surface area contributed by atoms with Crippen LogP contribution in [0.5, 0.6) is 0 Å². The molecule has 0 aromatic rings. The van der Waals surface area contributed by atoms with Gasteiger partial charge in [0, 0.05) is 13.1 Å². The molecule has 1 amide bonds. The first kappa shape index (κ1) is 13.0. The minimum absolute atomic E-state index is 0.0117. The van der Waals surface area contributed by atoms with Crippen LogP contribution in [0.15, 0.2) is 0 Å². The van der Waals surface area contributed by atoms with Gasteiger partial charge in [-0.05, 0) is 25.7 Å². The number of carboxylic acid groups (broad SMARTS) is 1. The predicted octanol–water partition coefficient (Wildman–Crippen LogP) is 0.736. The van der Waals surface area contributed by atoms with Gasteiger partial charge in [0.2, 0.25) is 5.91 Å². The molecule has 0 aromatic heterocycles. The van der Waals surface area contributed by atoms with Gasteiger partial charge in [0.25, 0.3) is 0 Å². The summed E-state index contributed by atoms with van der Waals surface area (Å²) in [7, 11) is 0. The first-order valence-electron chi connectivity index (χ1n) is 5.70. The molecule has 1 rings (SSSR count). The molecule has 0 spiro atoms. The van der Waals surface area contributed by atoms with Crippen LogP contribution in [0.4, 0.5) is 0 Å². The summed E-state index contributed by atoms with van der Waals surface area (Å²) in [5, 5.41) is 8.53. The summed E-state index contributed by atoms with van der Waals surface area (Å²) in [4.78, 5) is 23.5. The maximum Gasteiger partial charge on any atom is 0.305 e. The van der Waals surface area contributed by atoms with E-state index in [0.717, 1.165) is 0 Å². The zero-order valence-electron chi connectivity index (χ0n) is 9.65. The topological polar surface area (TPSA) is 66.8 Å². The molecule has 0 aromatic carbocycles. The lowest BCUT2D eigenvalue weighted by atomic mass is 10.3. The number of nitrogens with zero attached hydrogens (tertiary/aromatic N) is 1. The molecule has 5 nitrogen and oxygen atoms in total. The lowest BCUT2D eigenvalue weighted by Crippen LogP contribution is -2.35. The van der Waals surface area contributed by atoms with Crippen LogP contribution in [0.3, 0.4) is 0 Å². The van der Waals surface area contributed by atoms with Crippen molar-refractivity contribution in [2.24, 2.45) is 5.92 Å². The van der Waals surface area contributed by atoms with Crippen molar-refractivity contribution in [2.45, 2.75) is 26.2 Å². The summed E-state index contributed by atoms with van der Waals surface area (Å²) in [6.45, 7) is 3.35. The second kappa shape index (κ2) is 6.48. The molecule has 1 aliphatic rings. The van der Waals surface area contributed by atoms with Crippen molar-refractivity contribution in [3.63, 3.8) is 0 Å². The van der Waals surface area contributed by atoms with Crippen molar-refractivity contribution in [2.75, 3.05) is 26.3 Å². The predicted molar refractivity (Wildman–Crippen MR) is 58.0 cm³/mol. The average molecular weight is 229 g/mol. The van der Waals surface area contributed by atoms with E-state index in [1.165, 1.54) is 17.7 Å². The van der Waals surface area contributed by atoms with Crippen molar-refractivity contribution in [1.82, 2.24) is 4.90 Å². The zero-order chi connectivity index (χ0) is 12.0. The third-order valence-corrected chi connectivity index (χ3v) is 2.61. The van der Waals surface area contributed by atoms with E-state index in [-0.39, 0.29) is 25.5 Å². The lowest BCUT2D eigenvalue weighted by molar-refractivity contribution is -0.140. The molecule has 0 unspecified atom stereocenters. The van der Waals surface area contributed by atoms with E-state index in [2.05, 4.69) is 0 Å². The van der Waals surface area contributed by atoms with E-state index < -0.39 is 5.97 Å². The number of carboxylic acids is 1. The van der Waals surface area contributed by atoms with E-state index in [4.69, 9.17) is 9.84 Å². The SMILES string of the molecule is CCN(CCC(=O)O)C(=O)COCC1CC1. The maximum atomic E-state index is 11.6. The molecular formula is C11H19NO4. The van der Waals surface area contributed by atoms with Crippen LogP contribution < -0.4 is 0 Å². The van der Waals surface area contributed by atoms with Crippen LogP contribution in [0.1, 0.15) is 26.2 Å². The molecule has 0 saturated heterocycles. The van der Waals surface area contributed by atoms with Gasteiger partial charge >= 0.3 is 5.97 Å². The summed E-state index contributed by atoms with van der Waals surface area (Å²) in [5.41, 5.74) is 0. The summed E-state index contributed by atoms with van der Waals surface area (Å²) >= 11 is 0. The van der Waals surface area contributed by atoms with Crippen molar-refractivity contribution in [3.8, 4) is 0 Å². The van der Waals surface area contributed by atoms with Crippen molar-refractivity contribution >= 4 is 11.9 Å². The minimum Gasteiger partial charge on any atom is -0.481 e. The second-order valence-electron chi connectivity index (χ2n) is 4.08. The Bertz CT molecular complexity index is 250. The monoisotopic (exact) mass is 229 g/mol. The van der Waals surface area contributed by atoms with Crippen LogP contribution in [0.2, 0.25) is 0 Å². The molecule has 1 saturated carbocycles. The summed E-state index contributed by atoms with van der Waals surface area (Å²) in [5.74, 6) is -0.364. The molecule has 1 N–H and O–H groups in total. The van der Waals surface area contributed by atoms with E-state index in [1.54, 1.807) is 0 Å². The van der Waals surface area contributed by atoms with Crippen molar-refractivity contribution in [3.05, 3.63) is 0 Å². The van der Waals surface area contributed by atoms with Gasteiger partial charge in [-0.2, -0.15) is 0 Å². The third-order valence-electron chi connectivity index (χ3n) is 2.61. The highest BCUT2D eigenvalue weighted by molar-refractivity contribution is 5.78. The quantitative estimate of drug-likeness (QED) is 0.666. The van der Waals surface area contributed by atoms with Crippen LogP contribution in [-0.4, -0.2) is 48.2 Å². The number of likely N-dealkylation sites (N-methyl/N-ethyl adjacent to an activating group) is 1. The fourth-order valence-electron chi connectivity index (χ4n) is 1.38. The highest BCUT2D eigenvalue weighted by Crippen LogP contribution is 2.28. The Morgan fingerprint density at radius 3 is 2.62 bits per heavy atom. The van der Waals surface area contributed by atoms with E-state index in [0.29, 0.717) is 19.1 Å². The number of hydrogen-bond acceptors (Lipinski definition) is 3. The van der Waals surface area contributed by atoms with E-state index >= 15 is 0 Å². The fourth-order valence-corrected chi connectivity index (χ4v) is 1.38. The molecule has 5 heteroatoms. The Morgan fingerprint density at radius 2 is 2.12 bits per heavy atom. The third kappa shape index (κ3) is 5.11. The molecule has 1 aliphatic carbocycles. The number of rotatable bonds is 8. The first-order valence-corrected chi connectivity index (χ1v) is 5.70. The Kier molecular flexibility index (Phi) is 5.25. The number of aliphatic carboxylic acids is 1. The van der Waals surface area contributed by atoms with Crippen LogP contribution >= 0.6 is 0 Å². The molecule has 16 heavy (non-hydrogen) atoms. The average Bonchev–Trinajstić information content (AvgIpc) is 3.02. The van der Waals surface area contributed by atoms with Gasteiger partial charge in [-0.25, -0.2) is 0 Å². The van der Waals surface area contributed by atoms with Gasteiger partial charge in [-0.1, -0.05) is 0 Å². The summed E-state index contributed by atoms with van der Waals surface area (Å²) < 4.78 is 5.27. The van der Waals surface area contributed by atoms with Crippen LogP contribution in [-0.2, 0) is 14.3 Å². The van der Waals surface area contributed by atoms with Gasteiger partial charge < -0.3 is 14.7 Å². The largest absolute Gasteiger partial charge is 0.481 e. The van der Waals surface area contributed by atoms with E-state index in [1.807, 2.05) is 6.92 Å². The van der Waals surface area contributed by atoms with Crippen molar-refractivity contribution in [1.29, 1.82) is 0 Å². The Morgan fingerprint density at radius 1 is 1.44 bits per heavy atom. The molecule has 1 fully saturated rings. The number of hydrogen-bond donors (Lipinski definition) is 1. The molecular weight excluding hydrogens is 210 g/mol. The maximum absolute atomic E-state index is 11.6. The molecule has 0 heterocycles. The first-order chi connectivity index (χ1) is 7.63. The number of amides is 1. The molecule has 0 radical (unpaired) electrons.